The van der Waals surface area contributed by atoms with Crippen molar-refractivity contribution in [3.8, 4) is 11.5 Å². The average molecular weight is 283 g/mol. The van der Waals surface area contributed by atoms with Crippen LogP contribution >= 0.6 is 0 Å². The van der Waals surface area contributed by atoms with Crippen LogP contribution in [-0.4, -0.2) is 38.7 Å². The Kier molecular flexibility index (Phi) is 2.85. The lowest BCUT2D eigenvalue weighted by atomic mass is 10.1. The average Bonchev–Trinajstić information content (AvgIpc) is 2.94. The lowest BCUT2D eigenvalue weighted by Crippen LogP contribution is -2.35. The Morgan fingerprint density at radius 2 is 2.16 bits per heavy atom. The van der Waals surface area contributed by atoms with Gasteiger partial charge in [0, 0.05) is 6.04 Å². The lowest BCUT2D eigenvalue weighted by molar-refractivity contribution is 0.0936. The number of hydrogen-bond acceptors (Lipinski definition) is 5. The van der Waals surface area contributed by atoms with Crippen LogP contribution in [0.3, 0.4) is 0 Å². The number of para-hydroxylation sites is 1. The van der Waals surface area contributed by atoms with Crippen molar-refractivity contribution in [3.63, 3.8) is 0 Å². The fraction of sp³-hybridized carbons (Fsp3) is 0.417. The number of hydrogen-bond donors (Lipinski definition) is 1. The minimum atomic E-state index is -3.01. The molecule has 1 aromatic rings. The van der Waals surface area contributed by atoms with Crippen LogP contribution < -0.4 is 14.8 Å². The van der Waals surface area contributed by atoms with E-state index in [1.165, 1.54) is 0 Å². The molecule has 1 unspecified atom stereocenters. The van der Waals surface area contributed by atoms with Crippen LogP contribution in [0.25, 0.3) is 0 Å². The molecule has 0 radical (unpaired) electrons. The maximum absolute atomic E-state index is 12.1. The standard InChI is InChI=1S/C12H13NO5S/c14-12(13-8-4-5-19(15,16)6-8)9-2-1-3-10-11(9)18-7-17-10/h1-3,8H,4-7H2,(H,13,14). The van der Waals surface area contributed by atoms with E-state index in [-0.39, 0.29) is 30.2 Å². The summed E-state index contributed by atoms with van der Waals surface area (Å²) in [5, 5.41) is 2.73. The maximum atomic E-state index is 12.1. The lowest BCUT2D eigenvalue weighted by Gasteiger charge is -2.11. The van der Waals surface area contributed by atoms with Crippen molar-refractivity contribution < 1.29 is 22.7 Å². The van der Waals surface area contributed by atoms with Gasteiger partial charge in [0.2, 0.25) is 6.79 Å². The Morgan fingerprint density at radius 1 is 1.32 bits per heavy atom. The molecule has 3 rings (SSSR count). The van der Waals surface area contributed by atoms with Crippen LogP contribution in [0.4, 0.5) is 0 Å². The van der Waals surface area contributed by atoms with Gasteiger partial charge in [0.05, 0.1) is 17.1 Å². The second-order valence-corrected chi connectivity index (χ2v) is 6.84. The third-order valence-corrected chi connectivity index (χ3v) is 4.98. The molecule has 1 saturated heterocycles. The van der Waals surface area contributed by atoms with Crippen molar-refractivity contribution in [2.24, 2.45) is 0 Å². The normalized spacial score (nSPS) is 23.3. The summed E-state index contributed by atoms with van der Waals surface area (Å²) in [5.41, 5.74) is 0.374. The van der Waals surface area contributed by atoms with Gasteiger partial charge in [0.25, 0.3) is 5.91 Å². The fourth-order valence-electron chi connectivity index (χ4n) is 2.28. The number of nitrogens with one attached hydrogen (secondary N) is 1. The van der Waals surface area contributed by atoms with E-state index in [1.54, 1.807) is 18.2 Å². The fourth-order valence-corrected chi connectivity index (χ4v) is 3.95. The van der Waals surface area contributed by atoms with Crippen molar-refractivity contribution in [1.29, 1.82) is 0 Å². The number of rotatable bonds is 2. The number of amides is 1. The summed E-state index contributed by atoms with van der Waals surface area (Å²) in [7, 11) is -3.01. The van der Waals surface area contributed by atoms with Crippen molar-refractivity contribution >= 4 is 15.7 Å². The molecule has 1 aromatic carbocycles. The predicted octanol–water partition coefficient (Wildman–Crippen LogP) is 0.332. The van der Waals surface area contributed by atoms with Gasteiger partial charge in [-0.15, -0.1) is 0 Å². The van der Waals surface area contributed by atoms with Gasteiger partial charge in [-0.2, -0.15) is 0 Å². The van der Waals surface area contributed by atoms with E-state index in [2.05, 4.69) is 5.32 Å². The van der Waals surface area contributed by atoms with Crippen molar-refractivity contribution in [2.45, 2.75) is 12.5 Å². The Bertz CT molecular complexity index is 625. The summed E-state index contributed by atoms with van der Waals surface area (Å²) in [6.45, 7) is 0.0947. The third kappa shape index (κ3) is 2.37. The van der Waals surface area contributed by atoms with E-state index in [9.17, 15) is 13.2 Å². The highest BCUT2D eigenvalue weighted by Crippen LogP contribution is 2.35. The van der Waals surface area contributed by atoms with Crippen LogP contribution in [0.5, 0.6) is 11.5 Å². The Hall–Kier alpha value is -1.76. The minimum Gasteiger partial charge on any atom is -0.454 e. The molecular formula is C12H13NO5S. The zero-order valence-corrected chi connectivity index (χ0v) is 10.9. The number of carbonyl (C=O) groups excluding carboxylic acids is 1. The first-order chi connectivity index (χ1) is 9.05. The molecular weight excluding hydrogens is 270 g/mol. The van der Waals surface area contributed by atoms with E-state index in [0.29, 0.717) is 23.5 Å². The van der Waals surface area contributed by atoms with Gasteiger partial charge in [-0.1, -0.05) is 6.07 Å². The number of benzene rings is 1. The van der Waals surface area contributed by atoms with E-state index in [1.807, 2.05) is 0 Å². The molecule has 1 amide bonds. The summed E-state index contributed by atoms with van der Waals surface area (Å²) < 4.78 is 33.1. The largest absolute Gasteiger partial charge is 0.454 e. The first-order valence-corrected chi connectivity index (χ1v) is 7.77. The predicted molar refractivity (Wildman–Crippen MR) is 67.1 cm³/mol. The Morgan fingerprint density at radius 3 is 2.89 bits per heavy atom. The molecule has 1 atom stereocenters. The van der Waals surface area contributed by atoms with Gasteiger partial charge < -0.3 is 14.8 Å². The summed E-state index contributed by atoms with van der Waals surface area (Å²) in [4.78, 5) is 12.1. The van der Waals surface area contributed by atoms with Gasteiger partial charge in [-0.05, 0) is 18.6 Å². The van der Waals surface area contributed by atoms with E-state index in [0.717, 1.165) is 0 Å². The molecule has 7 heteroatoms. The maximum Gasteiger partial charge on any atom is 0.255 e. The van der Waals surface area contributed by atoms with E-state index in [4.69, 9.17) is 9.47 Å². The molecule has 1 N–H and O–H groups in total. The molecule has 0 saturated carbocycles. The summed E-state index contributed by atoms with van der Waals surface area (Å²) in [6.07, 6.45) is 0.459. The van der Waals surface area contributed by atoms with Crippen LogP contribution in [0.15, 0.2) is 18.2 Å². The molecule has 0 aromatic heterocycles. The SMILES string of the molecule is O=C(NC1CCS(=O)(=O)C1)c1cccc2c1OCO2. The Balaban J connectivity index is 1.77. The van der Waals surface area contributed by atoms with E-state index < -0.39 is 9.84 Å². The monoisotopic (exact) mass is 283 g/mol. The summed E-state index contributed by atoms with van der Waals surface area (Å²) >= 11 is 0. The molecule has 0 bridgehead atoms. The number of ether oxygens (including phenoxy) is 2. The van der Waals surface area contributed by atoms with Gasteiger partial charge in [0.1, 0.15) is 0 Å². The zero-order valence-electron chi connectivity index (χ0n) is 10.1. The van der Waals surface area contributed by atoms with Crippen LogP contribution in [0.1, 0.15) is 16.8 Å². The number of carbonyl (C=O) groups is 1. The molecule has 19 heavy (non-hydrogen) atoms. The molecule has 2 aliphatic rings. The smallest absolute Gasteiger partial charge is 0.255 e. The molecule has 0 spiro atoms. The number of sulfone groups is 1. The molecule has 2 aliphatic heterocycles. The highest BCUT2D eigenvalue weighted by Gasteiger charge is 2.30. The van der Waals surface area contributed by atoms with Gasteiger partial charge >= 0.3 is 0 Å². The highest BCUT2D eigenvalue weighted by molar-refractivity contribution is 7.91. The van der Waals surface area contributed by atoms with Gasteiger partial charge in [-0.3, -0.25) is 4.79 Å². The topological polar surface area (TPSA) is 81.7 Å². The van der Waals surface area contributed by atoms with E-state index >= 15 is 0 Å². The van der Waals surface area contributed by atoms with Crippen LogP contribution in [0.2, 0.25) is 0 Å². The molecule has 102 valence electrons. The molecule has 1 fully saturated rings. The van der Waals surface area contributed by atoms with Crippen LogP contribution in [0, 0.1) is 0 Å². The Labute approximate surface area is 110 Å². The zero-order chi connectivity index (χ0) is 13.5. The first-order valence-electron chi connectivity index (χ1n) is 5.95. The molecule has 6 nitrogen and oxygen atoms in total. The second-order valence-electron chi connectivity index (χ2n) is 4.61. The second kappa shape index (κ2) is 4.41. The molecule has 2 heterocycles. The minimum absolute atomic E-state index is 0.00508. The van der Waals surface area contributed by atoms with Crippen LogP contribution in [-0.2, 0) is 9.84 Å². The van der Waals surface area contributed by atoms with Gasteiger partial charge in [-0.25, -0.2) is 8.42 Å². The first kappa shape index (κ1) is 12.3. The summed E-state index contributed by atoms with van der Waals surface area (Å²) in [6, 6.07) is 4.73. The quantitative estimate of drug-likeness (QED) is 0.846. The van der Waals surface area contributed by atoms with Crippen molar-refractivity contribution in [2.75, 3.05) is 18.3 Å². The summed E-state index contributed by atoms with van der Waals surface area (Å²) in [5.74, 6) is 0.757. The number of fused-ring (bicyclic) bond motifs is 1. The highest BCUT2D eigenvalue weighted by atomic mass is 32.2. The van der Waals surface area contributed by atoms with Gasteiger partial charge in [0.15, 0.2) is 21.3 Å². The molecule has 0 aliphatic carbocycles. The van der Waals surface area contributed by atoms with Crippen molar-refractivity contribution in [1.82, 2.24) is 5.32 Å². The third-order valence-electron chi connectivity index (χ3n) is 3.21. The van der Waals surface area contributed by atoms with Crippen molar-refractivity contribution in [3.05, 3.63) is 23.8 Å².